The van der Waals surface area contributed by atoms with Crippen molar-refractivity contribution in [2.75, 3.05) is 14.2 Å². The van der Waals surface area contributed by atoms with Gasteiger partial charge in [0, 0.05) is 6.04 Å². The average molecular weight is 245 g/mol. The maximum absolute atomic E-state index is 5.41. The van der Waals surface area contributed by atoms with E-state index in [0.29, 0.717) is 6.04 Å². The number of ether oxygens (including phenoxy) is 2. The highest BCUT2D eigenvalue weighted by molar-refractivity contribution is 5.72. The normalized spacial score (nSPS) is 14.6. The van der Waals surface area contributed by atoms with E-state index in [4.69, 9.17) is 9.47 Å². The van der Waals surface area contributed by atoms with E-state index in [2.05, 4.69) is 14.8 Å². The molecule has 1 aliphatic carbocycles. The maximum Gasteiger partial charge on any atom is 0.171 e. The van der Waals surface area contributed by atoms with Crippen LogP contribution in [0.2, 0.25) is 0 Å². The van der Waals surface area contributed by atoms with Crippen LogP contribution in [-0.4, -0.2) is 29.0 Å². The molecule has 1 heterocycles. The van der Waals surface area contributed by atoms with E-state index in [0.717, 1.165) is 22.9 Å². The highest BCUT2D eigenvalue weighted by Crippen LogP contribution is 2.42. The van der Waals surface area contributed by atoms with Gasteiger partial charge in [-0.25, -0.2) is 0 Å². The van der Waals surface area contributed by atoms with Crippen molar-refractivity contribution in [1.29, 1.82) is 0 Å². The smallest absolute Gasteiger partial charge is 0.171 e. The van der Waals surface area contributed by atoms with Crippen molar-refractivity contribution in [2.24, 2.45) is 0 Å². The maximum atomic E-state index is 5.41. The van der Waals surface area contributed by atoms with Gasteiger partial charge in [-0.05, 0) is 25.0 Å². The van der Waals surface area contributed by atoms with Crippen LogP contribution in [0.15, 0.2) is 24.5 Å². The van der Waals surface area contributed by atoms with E-state index < -0.39 is 0 Å². The van der Waals surface area contributed by atoms with Crippen molar-refractivity contribution in [3.63, 3.8) is 0 Å². The van der Waals surface area contributed by atoms with Crippen LogP contribution >= 0.6 is 0 Å². The Labute approximate surface area is 105 Å². The molecule has 0 amide bonds. The molecule has 1 aliphatic rings. The highest BCUT2D eigenvalue weighted by Gasteiger charge is 2.28. The third-order valence-corrected chi connectivity index (χ3v) is 3.16. The molecular formula is C13H15N3O2. The monoisotopic (exact) mass is 245 g/mol. The first-order chi connectivity index (χ1) is 8.85. The van der Waals surface area contributed by atoms with Crippen molar-refractivity contribution >= 4 is 0 Å². The van der Waals surface area contributed by atoms with Gasteiger partial charge in [-0.15, -0.1) is 10.2 Å². The molecule has 18 heavy (non-hydrogen) atoms. The molecule has 0 spiro atoms. The van der Waals surface area contributed by atoms with Crippen LogP contribution in [0.25, 0.3) is 11.4 Å². The van der Waals surface area contributed by atoms with Gasteiger partial charge in [0.1, 0.15) is 23.4 Å². The minimum atomic E-state index is 0.518. The lowest BCUT2D eigenvalue weighted by atomic mass is 10.1. The summed E-state index contributed by atoms with van der Waals surface area (Å²) in [6.07, 6.45) is 4.14. The summed E-state index contributed by atoms with van der Waals surface area (Å²) < 4.78 is 12.9. The summed E-state index contributed by atoms with van der Waals surface area (Å²) in [6.45, 7) is 0. The lowest BCUT2D eigenvalue weighted by Gasteiger charge is -2.13. The molecule has 1 aromatic carbocycles. The fourth-order valence-corrected chi connectivity index (χ4v) is 2.11. The predicted octanol–water partition coefficient (Wildman–Crippen LogP) is 2.30. The van der Waals surface area contributed by atoms with Crippen LogP contribution in [0.4, 0.5) is 0 Å². The molecule has 0 N–H and O–H groups in total. The molecule has 3 rings (SSSR count). The van der Waals surface area contributed by atoms with Crippen LogP contribution in [0.1, 0.15) is 18.9 Å². The summed E-state index contributed by atoms with van der Waals surface area (Å²) in [5, 5.41) is 8.23. The van der Waals surface area contributed by atoms with E-state index in [1.165, 1.54) is 12.8 Å². The van der Waals surface area contributed by atoms with Crippen LogP contribution in [0.5, 0.6) is 11.5 Å². The number of nitrogens with zero attached hydrogens (tertiary/aromatic N) is 3. The Hall–Kier alpha value is -2.04. The van der Waals surface area contributed by atoms with Crippen molar-refractivity contribution in [3.05, 3.63) is 24.5 Å². The molecular weight excluding hydrogens is 230 g/mol. The summed E-state index contributed by atoms with van der Waals surface area (Å²) in [5.41, 5.74) is 0.868. The average Bonchev–Trinajstić information content (AvgIpc) is 3.15. The standard InChI is InChI=1S/C13H15N3O2/c1-17-10-4-3-5-11(18-2)12(10)13-15-14-8-16(13)9-6-7-9/h3-5,8-9H,6-7H2,1-2H3. The van der Waals surface area contributed by atoms with E-state index >= 15 is 0 Å². The lowest BCUT2D eigenvalue weighted by Crippen LogP contribution is -2.00. The molecule has 0 aliphatic heterocycles. The molecule has 0 atom stereocenters. The molecule has 0 unspecified atom stereocenters. The minimum absolute atomic E-state index is 0.518. The number of methoxy groups -OCH3 is 2. The van der Waals surface area contributed by atoms with Gasteiger partial charge in [0.25, 0.3) is 0 Å². The van der Waals surface area contributed by atoms with Crippen molar-refractivity contribution < 1.29 is 9.47 Å². The number of rotatable bonds is 4. The summed E-state index contributed by atoms with van der Waals surface area (Å²) in [4.78, 5) is 0. The SMILES string of the molecule is COc1cccc(OC)c1-c1nncn1C1CC1. The molecule has 5 heteroatoms. The van der Waals surface area contributed by atoms with Crippen LogP contribution in [0.3, 0.4) is 0 Å². The molecule has 2 aromatic rings. The van der Waals surface area contributed by atoms with Gasteiger partial charge >= 0.3 is 0 Å². The van der Waals surface area contributed by atoms with Crippen molar-refractivity contribution in [1.82, 2.24) is 14.8 Å². The second-order valence-corrected chi connectivity index (χ2v) is 4.33. The van der Waals surface area contributed by atoms with Crippen LogP contribution < -0.4 is 9.47 Å². The molecule has 0 bridgehead atoms. The number of hydrogen-bond acceptors (Lipinski definition) is 4. The van der Waals surface area contributed by atoms with Crippen LogP contribution in [-0.2, 0) is 0 Å². The lowest BCUT2D eigenvalue weighted by molar-refractivity contribution is 0.396. The quantitative estimate of drug-likeness (QED) is 0.829. The van der Waals surface area contributed by atoms with Crippen molar-refractivity contribution in [2.45, 2.75) is 18.9 Å². The minimum Gasteiger partial charge on any atom is -0.496 e. The van der Waals surface area contributed by atoms with Gasteiger partial charge < -0.3 is 14.0 Å². The number of hydrogen-bond donors (Lipinski definition) is 0. The second kappa shape index (κ2) is 4.33. The Morgan fingerprint density at radius 1 is 1.17 bits per heavy atom. The Kier molecular flexibility index (Phi) is 2.66. The first-order valence-corrected chi connectivity index (χ1v) is 5.96. The van der Waals surface area contributed by atoms with Crippen molar-refractivity contribution in [3.8, 4) is 22.9 Å². The topological polar surface area (TPSA) is 49.2 Å². The van der Waals surface area contributed by atoms with E-state index in [-0.39, 0.29) is 0 Å². The summed E-state index contributed by atoms with van der Waals surface area (Å²) >= 11 is 0. The van der Waals surface area contributed by atoms with E-state index in [1.54, 1.807) is 20.5 Å². The third-order valence-electron chi connectivity index (χ3n) is 3.16. The van der Waals surface area contributed by atoms with Gasteiger partial charge in [0.15, 0.2) is 5.82 Å². The summed E-state index contributed by atoms with van der Waals surface area (Å²) in [5.74, 6) is 2.32. The van der Waals surface area contributed by atoms with E-state index in [9.17, 15) is 0 Å². The van der Waals surface area contributed by atoms with Gasteiger partial charge in [0.05, 0.1) is 14.2 Å². The zero-order chi connectivity index (χ0) is 12.5. The zero-order valence-electron chi connectivity index (χ0n) is 10.5. The van der Waals surface area contributed by atoms with Gasteiger partial charge in [-0.3, -0.25) is 0 Å². The van der Waals surface area contributed by atoms with Gasteiger partial charge in [0.2, 0.25) is 0 Å². The Bertz CT molecular complexity index is 539. The zero-order valence-corrected chi connectivity index (χ0v) is 10.5. The van der Waals surface area contributed by atoms with Gasteiger partial charge in [-0.1, -0.05) is 6.07 Å². The molecule has 0 radical (unpaired) electrons. The molecule has 0 saturated heterocycles. The molecule has 1 aromatic heterocycles. The van der Waals surface area contributed by atoms with Crippen LogP contribution in [0, 0.1) is 0 Å². The first-order valence-electron chi connectivity index (χ1n) is 5.96. The van der Waals surface area contributed by atoms with Gasteiger partial charge in [-0.2, -0.15) is 0 Å². The molecule has 1 fully saturated rings. The summed E-state index contributed by atoms with van der Waals surface area (Å²) in [7, 11) is 3.30. The number of aromatic nitrogens is 3. The second-order valence-electron chi connectivity index (χ2n) is 4.33. The molecule has 1 saturated carbocycles. The highest BCUT2D eigenvalue weighted by atomic mass is 16.5. The molecule has 5 nitrogen and oxygen atoms in total. The number of benzene rings is 1. The Morgan fingerprint density at radius 3 is 2.39 bits per heavy atom. The largest absolute Gasteiger partial charge is 0.496 e. The molecule has 94 valence electrons. The fraction of sp³-hybridized carbons (Fsp3) is 0.385. The Balaban J connectivity index is 2.17. The summed E-state index contributed by atoms with van der Waals surface area (Å²) in [6, 6.07) is 6.23. The Morgan fingerprint density at radius 2 is 1.83 bits per heavy atom. The fourth-order valence-electron chi connectivity index (χ4n) is 2.11. The first kappa shape index (κ1) is 11.1. The third kappa shape index (κ3) is 1.72. The predicted molar refractivity (Wildman–Crippen MR) is 66.8 cm³/mol. The van der Waals surface area contributed by atoms with E-state index in [1.807, 2.05) is 18.2 Å².